The summed E-state index contributed by atoms with van der Waals surface area (Å²) in [6, 6.07) is 6.15. The molecule has 7 heteroatoms. The molecule has 2 N–H and O–H groups in total. The standard InChI is InChI=1S/C20H20ClF2N3O/c1-11(2)18-17(4-6-25-20(18)27)26-13-3-5-24-14(10-13)7-12-8-15(21)19(23)16(22)9-12/h3,5,8-11H,4,6-7H2,1-2H3,(H,24,26)(H,25,27). The minimum Gasteiger partial charge on any atom is -0.358 e. The number of carbonyl (C=O) groups excluding carboxylic acids is 1. The Kier molecular flexibility index (Phi) is 5.75. The number of carbonyl (C=O) groups is 1. The molecule has 1 aromatic heterocycles. The van der Waals surface area contributed by atoms with Gasteiger partial charge in [0.25, 0.3) is 0 Å². The lowest BCUT2D eigenvalue weighted by Gasteiger charge is -2.24. The lowest BCUT2D eigenvalue weighted by molar-refractivity contribution is -0.118. The first-order valence-electron chi connectivity index (χ1n) is 8.71. The molecule has 0 radical (unpaired) electrons. The highest BCUT2D eigenvalue weighted by Gasteiger charge is 2.22. The van der Waals surface area contributed by atoms with Gasteiger partial charge in [-0.2, -0.15) is 0 Å². The number of anilines is 1. The maximum absolute atomic E-state index is 13.6. The Balaban J connectivity index is 1.84. The number of halogens is 3. The minimum atomic E-state index is -1.05. The minimum absolute atomic E-state index is 0.0514. The van der Waals surface area contributed by atoms with Gasteiger partial charge < -0.3 is 10.6 Å². The molecule has 0 atom stereocenters. The number of hydrogen-bond acceptors (Lipinski definition) is 3. The number of pyridine rings is 1. The highest BCUT2D eigenvalue weighted by molar-refractivity contribution is 6.30. The second kappa shape index (κ2) is 8.05. The fourth-order valence-electron chi connectivity index (χ4n) is 3.15. The molecular weight excluding hydrogens is 372 g/mol. The molecule has 4 nitrogen and oxygen atoms in total. The van der Waals surface area contributed by atoms with Gasteiger partial charge in [0, 0.05) is 48.2 Å². The number of rotatable bonds is 5. The third-order valence-corrected chi connectivity index (χ3v) is 4.62. The molecule has 0 saturated heterocycles. The molecule has 2 aromatic rings. The van der Waals surface area contributed by atoms with Gasteiger partial charge in [-0.25, -0.2) is 8.78 Å². The fourth-order valence-corrected chi connectivity index (χ4v) is 3.38. The zero-order chi connectivity index (χ0) is 19.6. The van der Waals surface area contributed by atoms with E-state index in [1.807, 2.05) is 19.9 Å². The Hall–Kier alpha value is -2.47. The molecule has 1 aliphatic rings. The normalized spacial score (nSPS) is 14.5. The second-order valence-corrected chi connectivity index (χ2v) is 7.17. The molecule has 0 spiro atoms. The van der Waals surface area contributed by atoms with Crippen LogP contribution in [0.25, 0.3) is 0 Å². The first kappa shape index (κ1) is 19.3. The van der Waals surface area contributed by atoms with E-state index in [-0.39, 0.29) is 16.8 Å². The highest BCUT2D eigenvalue weighted by Crippen LogP contribution is 2.25. The van der Waals surface area contributed by atoms with E-state index in [9.17, 15) is 13.6 Å². The van der Waals surface area contributed by atoms with Gasteiger partial charge in [-0.05, 0) is 35.7 Å². The molecule has 3 rings (SSSR count). The SMILES string of the molecule is CC(C)C1=C(Nc2ccnc(Cc3cc(F)c(F)c(Cl)c3)c2)CCNC1=O. The van der Waals surface area contributed by atoms with E-state index in [1.165, 1.54) is 6.07 Å². The van der Waals surface area contributed by atoms with Crippen LogP contribution in [0.4, 0.5) is 14.5 Å². The van der Waals surface area contributed by atoms with E-state index in [0.717, 1.165) is 29.4 Å². The van der Waals surface area contributed by atoms with Crippen molar-refractivity contribution in [1.82, 2.24) is 10.3 Å². The molecule has 1 amide bonds. The number of nitrogens with one attached hydrogen (secondary N) is 2. The summed E-state index contributed by atoms with van der Waals surface area (Å²) >= 11 is 5.71. The lowest BCUT2D eigenvalue weighted by Crippen LogP contribution is -2.35. The van der Waals surface area contributed by atoms with E-state index >= 15 is 0 Å². The summed E-state index contributed by atoms with van der Waals surface area (Å²) < 4.78 is 26.9. The van der Waals surface area contributed by atoms with E-state index in [0.29, 0.717) is 24.2 Å². The molecule has 0 saturated carbocycles. The van der Waals surface area contributed by atoms with Crippen molar-refractivity contribution < 1.29 is 13.6 Å². The van der Waals surface area contributed by atoms with Gasteiger partial charge in [0.2, 0.25) is 5.91 Å². The summed E-state index contributed by atoms with van der Waals surface area (Å²) in [5.41, 5.74) is 3.63. The van der Waals surface area contributed by atoms with Crippen LogP contribution in [0.5, 0.6) is 0 Å². The van der Waals surface area contributed by atoms with Crippen LogP contribution < -0.4 is 10.6 Å². The summed E-state index contributed by atoms with van der Waals surface area (Å²) in [4.78, 5) is 16.4. The maximum atomic E-state index is 13.6. The number of aromatic nitrogens is 1. The number of benzene rings is 1. The van der Waals surface area contributed by atoms with Crippen LogP contribution in [0.15, 0.2) is 41.7 Å². The van der Waals surface area contributed by atoms with Gasteiger partial charge in [0.15, 0.2) is 11.6 Å². The first-order valence-corrected chi connectivity index (χ1v) is 9.09. The summed E-state index contributed by atoms with van der Waals surface area (Å²) in [6.07, 6.45) is 2.66. The monoisotopic (exact) mass is 391 g/mol. The molecule has 2 heterocycles. The molecule has 1 aliphatic heterocycles. The summed E-state index contributed by atoms with van der Waals surface area (Å²) in [6.45, 7) is 4.54. The van der Waals surface area contributed by atoms with Gasteiger partial charge in [0.05, 0.1) is 5.02 Å². The average Bonchev–Trinajstić information content (AvgIpc) is 2.59. The Morgan fingerprint density at radius 2 is 2.07 bits per heavy atom. The Morgan fingerprint density at radius 1 is 1.30 bits per heavy atom. The molecule has 142 valence electrons. The average molecular weight is 392 g/mol. The highest BCUT2D eigenvalue weighted by atomic mass is 35.5. The van der Waals surface area contributed by atoms with Crippen molar-refractivity contribution in [3.63, 3.8) is 0 Å². The van der Waals surface area contributed by atoms with E-state index in [2.05, 4.69) is 15.6 Å². The van der Waals surface area contributed by atoms with Crippen molar-refractivity contribution >= 4 is 23.2 Å². The first-order chi connectivity index (χ1) is 12.8. The van der Waals surface area contributed by atoms with Crippen molar-refractivity contribution in [3.8, 4) is 0 Å². The van der Waals surface area contributed by atoms with Crippen molar-refractivity contribution in [2.75, 3.05) is 11.9 Å². The van der Waals surface area contributed by atoms with Crippen LogP contribution in [-0.2, 0) is 11.2 Å². The van der Waals surface area contributed by atoms with Crippen LogP contribution in [0.1, 0.15) is 31.5 Å². The van der Waals surface area contributed by atoms with Crippen molar-refractivity contribution in [2.45, 2.75) is 26.7 Å². The predicted molar refractivity (Wildman–Crippen MR) is 102 cm³/mol. The van der Waals surface area contributed by atoms with Crippen LogP contribution in [0.2, 0.25) is 5.02 Å². The van der Waals surface area contributed by atoms with Gasteiger partial charge in [0.1, 0.15) is 0 Å². The number of amides is 1. The third kappa shape index (κ3) is 4.45. The smallest absolute Gasteiger partial charge is 0.249 e. The molecule has 1 aromatic carbocycles. The van der Waals surface area contributed by atoms with Gasteiger partial charge in [-0.15, -0.1) is 0 Å². The summed E-state index contributed by atoms with van der Waals surface area (Å²) in [7, 11) is 0. The molecule has 0 unspecified atom stereocenters. The van der Waals surface area contributed by atoms with Crippen molar-refractivity contribution in [2.24, 2.45) is 5.92 Å². The van der Waals surface area contributed by atoms with Crippen LogP contribution in [-0.4, -0.2) is 17.4 Å². The van der Waals surface area contributed by atoms with E-state index in [1.54, 1.807) is 12.3 Å². The Labute approximate surface area is 161 Å². The quantitative estimate of drug-likeness (QED) is 0.740. The van der Waals surface area contributed by atoms with Gasteiger partial charge >= 0.3 is 0 Å². The van der Waals surface area contributed by atoms with Crippen LogP contribution in [0.3, 0.4) is 0 Å². The molecule has 27 heavy (non-hydrogen) atoms. The lowest BCUT2D eigenvalue weighted by atomic mass is 9.96. The molecule has 0 bridgehead atoms. The van der Waals surface area contributed by atoms with Crippen molar-refractivity contribution in [1.29, 1.82) is 0 Å². The second-order valence-electron chi connectivity index (χ2n) is 6.76. The van der Waals surface area contributed by atoms with E-state index < -0.39 is 11.6 Å². The molecule has 0 aliphatic carbocycles. The van der Waals surface area contributed by atoms with E-state index in [4.69, 9.17) is 11.6 Å². The Bertz CT molecular complexity index is 889. The summed E-state index contributed by atoms with van der Waals surface area (Å²) in [5.74, 6) is -1.98. The van der Waals surface area contributed by atoms with Gasteiger partial charge in [-0.1, -0.05) is 25.4 Å². The predicted octanol–water partition coefficient (Wildman–Crippen LogP) is 4.45. The topological polar surface area (TPSA) is 54.0 Å². The largest absolute Gasteiger partial charge is 0.358 e. The fraction of sp³-hybridized carbons (Fsp3) is 0.300. The summed E-state index contributed by atoms with van der Waals surface area (Å²) in [5, 5.41) is 5.93. The maximum Gasteiger partial charge on any atom is 0.249 e. The number of nitrogens with zero attached hydrogens (tertiary/aromatic N) is 1. The third-order valence-electron chi connectivity index (χ3n) is 4.35. The zero-order valence-corrected chi connectivity index (χ0v) is 15.8. The number of hydrogen-bond donors (Lipinski definition) is 2. The molecular formula is C20H20ClF2N3O. The van der Waals surface area contributed by atoms with Crippen molar-refractivity contribution in [3.05, 3.63) is 69.6 Å². The van der Waals surface area contributed by atoms with Crippen LogP contribution in [0, 0.1) is 17.6 Å². The zero-order valence-electron chi connectivity index (χ0n) is 15.1. The Morgan fingerprint density at radius 3 is 2.78 bits per heavy atom. The van der Waals surface area contributed by atoms with Gasteiger partial charge in [-0.3, -0.25) is 9.78 Å². The molecule has 0 fully saturated rings. The van der Waals surface area contributed by atoms with Crippen LogP contribution >= 0.6 is 11.6 Å².